The lowest BCUT2D eigenvalue weighted by atomic mass is 9.95. The molecular formula is C22H26Cl2N2O2. The molecule has 0 unspecified atom stereocenters. The van der Waals surface area contributed by atoms with Crippen LogP contribution in [0.3, 0.4) is 0 Å². The van der Waals surface area contributed by atoms with Crippen LogP contribution in [0.4, 0.5) is 0 Å². The van der Waals surface area contributed by atoms with E-state index in [1.165, 1.54) is 0 Å². The van der Waals surface area contributed by atoms with Crippen molar-refractivity contribution in [3.63, 3.8) is 0 Å². The van der Waals surface area contributed by atoms with E-state index < -0.39 is 0 Å². The molecule has 0 radical (unpaired) electrons. The zero-order valence-electron chi connectivity index (χ0n) is 16.1. The number of nitrogens with one attached hydrogen (secondary N) is 1. The van der Waals surface area contributed by atoms with Crippen LogP contribution in [-0.2, 0) is 11.3 Å². The maximum absolute atomic E-state index is 12.4. The Morgan fingerprint density at radius 1 is 1.14 bits per heavy atom. The van der Waals surface area contributed by atoms with Crippen molar-refractivity contribution in [2.75, 3.05) is 26.2 Å². The fourth-order valence-electron chi connectivity index (χ4n) is 3.46. The van der Waals surface area contributed by atoms with Crippen LogP contribution in [0.1, 0.15) is 24.0 Å². The van der Waals surface area contributed by atoms with Crippen molar-refractivity contribution in [2.24, 2.45) is 5.92 Å². The predicted octanol–water partition coefficient (Wildman–Crippen LogP) is 4.71. The maximum Gasteiger partial charge on any atom is 0.223 e. The van der Waals surface area contributed by atoms with Crippen LogP contribution in [0.5, 0.6) is 5.75 Å². The number of ether oxygens (including phenoxy) is 1. The number of carbonyl (C=O) groups is 1. The van der Waals surface area contributed by atoms with Crippen molar-refractivity contribution in [3.05, 3.63) is 63.6 Å². The predicted molar refractivity (Wildman–Crippen MR) is 114 cm³/mol. The minimum atomic E-state index is 0.0598. The Morgan fingerprint density at radius 2 is 1.89 bits per heavy atom. The van der Waals surface area contributed by atoms with E-state index in [0.29, 0.717) is 23.2 Å². The highest BCUT2D eigenvalue weighted by molar-refractivity contribution is 6.42. The van der Waals surface area contributed by atoms with Crippen molar-refractivity contribution in [3.8, 4) is 5.75 Å². The Kier molecular flexibility index (Phi) is 7.60. The molecule has 1 aliphatic rings. The van der Waals surface area contributed by atoms with E-state index in [1.807, 2.05) is 43.3 Å². The molecule has 150 valence electrons. The molecular weight excluding hydrogens is 395 g/mol. The van der Waals surface area contributed by atoms with E-state index in [9.17, 15) is 4.79 Å². The van der Waals surface area contributed by atoms with Gasteiger partial charge in [0, 0.05) is 12.5 Å². The lowest BCUT2D eigenvalue weighted by Crippen LogP contribution is -2.41. The van der Waals surface area contributed by atoms with Gasteiger partial charge in [0.1, 0.15) is 12.4 Å². The largest absolute Gasteiger partial charge is 0.491 e. The fraction of sp³-hybridized carbons (Fsp3) is 0.409. The molecule has 1 N–H and O–H groups in total. The highest BCUT2D eigenvalue weighted by atomic mass is 35.5. The summed E-state index contributed by atoms with van der Waals surface area (Å²) in [6, 6.07) is 13.6. The van der Waals surface area contributed by atoms with Gasteiger partial charge in [-0.15, -0.1) is 0 Å². The highest BCUT2D eigenvalue weighted by Gasteiger charge is 2.25. The van der Waals surface area contributed by atoms with Crippen LogP contribution in [0.2, 0.25) is 10.0 Å². The molecule has 4 nitrogen and oxygen atoms in total. The summed E-state index contributed by atoms with van der Waals surface area (Å²) < 4.78 is 5.73. The van der Waals surface area contributed by atoms with Gasteiger partial charge in [0.05, 0.1) is 16.6 Å². The second kappa shape index (κ2) is 10.1. The van der Waals surface area contributed by atoms with Crippen molar-refractivity contribution in [1.82, 2.24) is 10.2 Å². The van der Waals surface area contributed by atoms with Gasteiger partial charge in [-0.25, -0.2) is 0 Å². The van der Waals surface area contributed by atoms with Crippen molar-refractivity contribution < 1.29 is 9.53 Å². The second-order valence-corrected chi connectivity index (χ2v) is 7.95. The van der Waals surface area contributed by atoms with Crippen molar-refractivity contribution >= 4 is 29.1 Å². The molecule has 0 aliphatic carbocycles. The van der Waals surface area contributed by atoms with Gasteiger partial charge < -0.3 is 10.1 Å². The van der Waals surface area contributed by atoms with Crippen LogP contribution in [0.15, 0.2) is 42.5 Å². The van der Waals surface area contributed by atoms with Crippen molar-refractivity contribution in [2.45, 2.75) is 26.3 Å². The first-order chi connectivity index (χ1) is 13.5. The van der Waals surface area contributed by atoms with Gasteiger partial charge in [0.15, 0.2) is 0 Å². The Hall–Kier alpha value is -1.75. The number of likely N-dealkylation sites (tertiary alicyclic amines) is 1. The third kappa shape index (κ3) is 5.63. The number of nitrogens with zero attached hydrogens (tertiary/aromatic N) is 1. The molecule has 0 aromatic heterocycles. The minimum Gasteiger partial charge on any atom is -0.491 e. The lowest BCUT2D eigenvalue weighted by Gasteiger charge is -2.31. The third-order valence-electron chi connectivity index (χ3n) is 5.14. The quantitative estimate of drug-likeness (QED) is 0.659. The first-order valence-corrected chi connectivity index (χ1v) is 10.4. The average Bonchev–Trinajstić information content (AvgIpc) is 2.70. The number of para-hydroxylation sites is 1. The average molecular weight is 421 g/mol. The molecule has 6 heteroatoms. The summed E-state index contributed by atoms with van der Waals surface area (Å²) in [5.41, 5.74) is 2.13. The summed E-state index contributed by atoms with van der Waals surface area (Å²) in [6.45, 7) is 5.52. The number of benzene rings is 2. The van der Waals surface area contributed by atoms with Gasteiger partial charge in [-0.1, -0.05) is 53.5 Å². The van der Waals surface area contributed by atoms with Gasteiger partial charge in [-0.2, -0.15) is 0 Å². The number of halogens is 2. The van der Waals surface area contributed by atoms with Gasteiger partial charge in [-0.05, 0) is 56.1 Å². The molecule has 3 rings (SSSR count). The molecule has 0 atom stereocenters. The van der Waals surface area contributed by atoms with Gasteiger partial charge in [-0.3, -0.25) is 9.69 Å². The number of aryl methyl sites for hydroxylation is 1. The summed E-state index contributed by atoms with van der Waals surface area (Å²) >= 11 is 12.4. The Morgan fingerprint density at radius 3 is 2.64 bits per heavy atom. The molecule has 1 fully saturated rings. The molecule has 1 amide bonds. The molecule has 0 bridgehead atoms. The number of carbonyl (C=O) groups excluding carboxylic acids is 1. The summed E-state index contributed by atoms with van der Waals surface area (Å²) in [6.07, 6.45) is 1.70. The van der Waals surface area contributed by atoms with Crippen LogP contribution >= 0.6 is 23.2 Å². The Balaban J connectivity index is 1.38. The molecule has 28 heavy (non-hydrogen) atoms. The number of hydrogen-bond donors (Lipinski definition) is 1. The number of hydrogen-bond acceptors (Lipinski definition) is 3. The Bertz CT molecular complexity index is 805. The summed E-state index contributed by atoms with van der Waals surface area (Å²) in [5.74, 6) is 1.04. The van der Waals surface area contributed by atoms with Gasteiger partial charge >= 0.3 is 0 Å². The minimum absolute atomic E-state index is 0.0598. The van der Waals surface area contributed by atoms with E-state index in [2.05, 4.69) is 10.2 Å². The smallest absolute Gasteiger partial charge is 0.223 e. The monoisotopic (exact) mass is 420 g/mol. The standard InChI is InChI=1S/C22H26Cl2N2O2/c1-16-5-2-3-8-20(16)28-14-11-25-22(27)17-9-12-26(13-10-17)15-18-6-4-7-19(23)21(18)24/h2-8,17H,9-15H2,1H3,(H,25,27). The van der Waals surface area contributed by atoms with E-state index in [1.54, 1.807) is 6.07 Å². The summed E-state index contributed by atoms with van der Waals surface area (Å²) in [7, 11) is 0. The molecule has 2 aromatic carbocycles. The van der Waals surface area contributed by atoms with Gasteiger partial charge in [0.2, 0.25) is 5.91 Å². The van der Waals surface area contributed by atoms with Crippen LogP contribution in [0.25, 0.3) is 0 Å². The zero-order chi connectivity index (χ0) is 19.9. The second-order valence-electron chi connectivity index (χ2n) is 7.17. The molecule has 2 aromatic rings. The number of amides is 1. The third-order valence-corrected chi connectivity index (χ3v) is 5.99. The molecule has 1 aliphatic heterocycles. The first-order valence-electron chi connectivity index (χ1n) is 9.66. The normalized spacial score (nSPS) is 15.4. The highest BCUT2D eigenvalue weighted by Crippen LogP contribution is 2.28. The molecule has 1 saturated heterocycles. The zero-order valence-corrected chi connectivity index (χ0v) is 17.6. The van der Waals surface area contributed by atoms with E-state index in [-0.39, 0.29) is 11.8 Å². The van der Waals surface area contributed by atoms with Gasteiger partial charge in [0.25, 0.3) is 0 Å². The lowest BCUT2D eigenvalue weighted by molar-refractivity contribution is -0.126. The molecule has 0 spiro atoms. The number of piperidine rings is 1. The molecule has 0 saturated carbocycles. The topological polar surface area (TPSA) is 41.6 Å². The van der Waals surface area contributed by atoms with Crippen LogP contribution < -0.4 is 10.1 Å². The summed E-state index contributed by atoms with van der Waals surface area (Å²) in [5, 5.41) is 4.21. The fourth-order valence-corrected chi connectivity index (χ4v) is 3.84. The Labute approximate surface area is 176 Å². The van der Waals surface area contributed by atoms with Crippen LogP contribution in [-0.4, -0.2) is 37.0 Å². The first kappa shape index (κ1) is 21.0. The van der Waals surface area contributed by atoms with E-state index in [0.717, 1.165) is 49.4 Å². The maximum atomic E-state index is 12.4. The SMILES string of the molecule is Cc1ccccc1OCCNC(=O)C1CCN(Cc2cccc(Cl)c2Cl)CC1. The number of rotatable bonds is 7. The van der Waals surface area contributed by atoms with E-state index in [4.69, 9.17) is 27.9 Å². The van der Waals surface area contributed by atoms with E-state index >= 15 is 0 Å². The molecule has 1 heterocycles. The van der Waals surface area contributed by atoms with Crippen LogP contribution in [0, 0.1) is 12.8 Å². The summed E-state index contributed by atoms with van der Waals surface area (Å²) in [4.78, 5) is 14.7. The van der Waals surface area contributed by atoms with Crippen molar-refractivity contribution in [1.29, 1.82) is 0 Å².